The van der Waals surface area contributed by atoms with Crippen LogP contribution in [0.1, 0.15) is 41.6 Å². The van der Waals surface area contributed by atoms with Crippen molar-refractivity contribution in [3.63, 3.8) is 0 Å². The summed E-state index contributed by atoms with van der Waals surface area (Å²) in [4.78, 5) is 10.7. The molecular weight excluding hydrogens is 283 g/mol. The molecule has 20 heavy (non-hydrogen) atoms. The number of hydrogen-bond acceptors (Lipinski definition) is 3. The standard InChI is InChI=1S/C14H17FO4S/c1-9-12(15)6-11(14(16)17)7-13(9)20(18,19)8-10-4-2-3-5-10/h6-7,10H,2-5,8H2,1H3,(H,16,17). The Morgan fingerprint density at radius 3 is 2.50 bits per heavy atom. The van der Waals surface area contributed by atoms with Gasteiger partial charge in [-0.1, -0.05) is 12.8 Å². The number of carboxylic acids is 1. The molecule has 0 unspecified atom stereocenters. The van der Waals surface area contributed by atoms with Gasteiger partial charge in [-0.2, -0.15) is 0 Å². The fraction of sp³-hybridized carbons (Fsp3) is 0.500. The fourth-order valence-corrected chi connectivity index (χ4v) is 4.68. The van der Waals surface area contributed by atoms with Crippen LogP contribution in [0.4, 0.5) is 4.39 Å². The molecule has 0 spiro atoms. The zero-order valence-corrected chi connectivity index (χ0v) is 12.0. The largest absolute Gasteiger partial charge is 0.478 e. The van der Waals surface area contributed by atoms with Crippen LogP contribution in [-0.4, -0.2) is 25.2 Å². The number of carboxylic acid groups (broad SMARTS) is 1. The molecule has 0 atom stereocenters. The number of benzene rings is 1. The van der Waals surface area contributed by atoms with Crippen molar-refractivity contribution >= 4 is 15.8 Å². The van der Waals surface area contributed by atoms with Crippen molar-refractivity contribution < 1.29 is 22.7 Å². The van der Waals surface area contributed by atoms with Gasteiger partial charge in [0.05, 0.1) is 16.2 Å². The zero-order valence-electron chi connectivity index (χ0n) is 11.2. The van der Waals surface area contributed by atoms with Crippen molar-refractivity contribution in [3.8, 4) is 0 Å². The number of rotatable bonds is 4. The molecule has 1 aliphatic rings. The van der Waals surface area contributed by atoms with Crippen molar-refractivity contribution in [2.75, 3.05) is 5.75 Å². The average Bonchev–Trinajstić information content (AvgIpc) is 2.83. The van der Waals surface area contributed by atoms with Crippen molar-refractivity contribution in [1.29, 1.82) is 0 Å². The first-order chi connectivity index (χ1) is 9.31. The summed E-state index contributed by atoms with van der Waals surface area (Å²) in [6.45, 7) is 1.36. The highest BCUT2D eigenvalue weighted by Crippen LogP contribution is 2.30. The van der Waals surface area contributed by atoms with Crippen LogP contribution < -0.4 is 0 Å². The van der Waals surface area contributed by atoms with E-state index in [1.54, 1.807) is 0 Å². The van der Waals surface area contributed by atoms with Crippen LogP contribution in [0, 0.1) is 18.7 Å². The molecule has 0 bridgehead atoms. The van der Waals surface area contributed by atoms with E-state index in [1.165, 1.54) is 6.92 Å². The Kier molecular flexibility index (Phi) is 4.13. The molecule has 6 heteroatoms. The van der Waals surface area contributed by atoms with E-state index in [2.05, 4.69) is 0 Å². The van der Waals surface area contributed by atoms with E-state index in [0.29, 0.717) is 0 Å². The quantitative estimate of drug-likeness (QED) is 0.928. The lowest BCUT2D eigenvalue weighted by molar-refractivity contribution is 0.0696. The van der Waals surface area contributed by atoms with E-state index in [0.717, 1.165) is 37.8 Å². The molecular formula is C14H17FO4S. The van der Waals surface area contributed by atoms with E-state index in [4.69, 9.17) is 5.11 Å². The van der Waals surface area contributed by atoms with Gasteiger partial charge in [0, 0.05) is 5.56 Å². The van der Waals surface area contributed by atoms with E-state index in [9.17, 15) is 17.6 Å². The van der Waals surface area contributed by atoms with Crippen LogP contribution in [0.5, 0.6) is 0 Å². The third-order valence-corrected chi connectivity index (χ3v) is 5.81. The van der Waals surface area contributed by atoms with Crippen molar-refractivity contribution in [3.05, 3.63) is 29.1 Å². The Balaban J connectivity index is 2.41. The summed E-state index contributed by atoms with van der Waals surface area (Å²) in [6, 6.07) is 1.91. The molecule has 1 N–H and O–H groups in total. The van der Waals surface area contributed by atoms with Gasteiger partial charge in [-0.25, -0.2) is 17.6 Å². The Hall–Kier alpha value is -1.43. The summed E-state index contributed by atoms with van der Waals surface area (Å²) in [5.74, 6) is -2.07. The molecule has 110 valence electrons. The second kappa shape index (κ2) is 5.52. The van der Waals surface area contributed by atoms with Crippen LogP contribution in [0.3, 0.4) is 0 Å². The number of carbonyl (C=O) groups is 1. The maximum absolute atomic E-state index is 13.7. The first-order valence-corrected chi connectivity index (χ1v) is 8.22. The number of aromatic carboxylic acids is 1. The summed E-state index contributed by atoms with van der Waals surface area (Å²) < 4.78 is 38.5. The summed E-state index contributed by atoms with van der Waals surface area (Å²) >= 11 is 0. The molecule has 4 nitrogen and oxygen atoms in total. The smallest absolute Gasteiger partial charge is 0.335 e. The second-order valence-electron chi connectivity index (χ2n) is 5.32. The van der Waals surface area contributed by atoms with Crippen LogP contribution in [-0.2, 0) is 9.84 Å². The fourth-order valence-electron chi connectivity index (χ4n) is 2.68. The molecule has 1 saturated carbocycles. The third-order valence-electron chi connectivity index (χ3n) is 3.81. The van der Waals surface area contributed by atoms with Gasteiger partial charge in [-0.15, -0.1) is 0 Å². The predicted octanol–water partition coefficient (Wildman–Crippen LogP) is 2.80. The highest BCUT2D eigenvalue weighted by Gasteiger charge is 2.27. The van der Waals surface area contributed by atoms with Crippen molar-refractivity contribution in [1.82, 2.24) is 0 Å². The maximum atomic E-state index is 13.7. The monoisotopic (exact) mass is 300 g/mol. The van der Waals surface area contributed by atoms with Gasteiger partial charge in [0.1, 0.15) is 5.82 Å². The molecule has 0 radical (unpaired) electrons. The number of hydrogen-bond donors (Lipinski definition) is 1. The van der Waals surface area contributed by atoms with Gasteiger partial charge < -0.3 is 5.11 Å². The molecule has 0 aliphatic heterocycles. The molecule has 0 saturated heterocycles. The topological polar surface area (TPSA) is 71.4 Å². The minimum absolute atomic E-state index is 0.00648. The molecule has 0 aromatic heterocycles. The van der Waals surface area contributed by atoms with E-state index in [-0.39, 0.29) is 27.7 Å². The number of halogens is 1. The van der Waals surface area contributed by atoms with E-state index >= 15 is 0 Å². The van der Waals surface area contributed by atoms with Gasteiger partial charge in [-0.3, -0.25) is 0 Å². The Morgan fingerprint density at radius 2 is 1.95 bits per heavy atom. The average molecular weight is 300 g/mol. The summed E-state index contributed by atoms with van der Waals surface area (Å²) in [6.07, 6.45) is 3.75. The third kappa shape index (κ3) is 3.00. The van der Waals surface area contributed by atoms with Gasteiger partial charge >= 0.3 is 5.97 Å². The van der Waals surface area contributed by atoms with E-state index < -0.39 is 21.6 Å². The molecule has 0 heterocycles. The van der Waals surface area contributed by atoms with Gasteiger partial charge in [0.15, 0.2) is 9.84 Å². The van der Waals surface area contributed by atoms with E-state index in [1.807, 2.05) is 0 Å². The van der Waals surface area contributed by atoms with Crippen LogP contribution in [0.2, 0.25) is 0 Å². The first kappa shape index (κ1) is 15.0. The van der Waals surface area contributed by atoms with Crippen LogP contribution in [0.15, 0.2) is 17.0 Å². The lowest BCUT2D eigenvalue weighted by Crippen LogP contribution is -2.16. The minimum Gasteiger partial charge on any atom is -0.478 e. The van der Waals surface area contributed by atoms with Gasteiger partial charge in [0.2, 0.25) is 0 Å². The van der Waals surface area contributed by atoms with Crippen LogP contribution in [0.25, 0.3) is 0 Å². The molecule has 1 fully saturated rings. The normalized spacial score (nSPS) is 16.5. The highest BCUT2D eigenvalue weighted by atomic mass is 32.2. The summed E-state index contributed by atoms with van der Waals surface area (Å²) in [5, 5.41) is 8.91. The lowest BCUT2D eigenvalue weighted by Gasteiger charge is -2.13. The Morgan fingerprint density at radius 1 is 1.35 bits per heavy atom. The molecule has 1 aromatic rings. The highest BCUT2D eigenvalue weighted by molar-refractivity contribution is 7.91. The molecule has 2 rings (SSSR count). The SMILES string of the molecule is Cc1c(F)cc(C(=O)O)cc1S(=O)(=O)CC1CCCC1. The maximum Gasteiger partial charge on any atom is 0.335 e. The molecule has 0 amide bonds. The van der Waals surface area contributed by atoms with Crippen molar-refractivity contribution in [2.24, 2.45) is 5.92 Å². The first-order valence-electron chi connectivity index (χ1n) is 6.57. The molecule has 1 aliphatic carbocycles. The Bertz CT molecular complexity index is 631. The minimum atomic E-state index is -3.66. The van der Waals surface area contributed by atoms with Gasteiger partial charge in [-0.05, 0) is 37.8 Å². The van der Waals surface area contributed by atoms with Crippen molar-refractivity contribution in [2.45, 2.75) is 37.5 Å². The predicted molar refractivity (Wildman–Crippen MR) is 72.1 cm³/mol. The molecule has 1 aromatic carbocycles. The lowest BCUT2D eigenvalue weighted by atomic mass is 10.1. The zero-order chi connectivity index (χ0) is 14.9. The Labute approximate surface area is 117 Å². The van der Waals surface area contributed by atoms with Gasteiger partial charge in [0.25, 0.3) is 0 Å². The summed E-state index contributed by atoms with van der Waals surface area (Å²) in [5.41, 5.74) is -0.342. The summed E-state index contributed by atoms with van der Waals surface area (Å²) in [7, 11) is -3.66. The number of sulfone groups is 1. The second-order valence-corrected chi connectivity index (χ2v) is 7.32. The van der Waals surface area contributed by atoms with Crippen LogP contribution >= 0.6 is 0 Å².